The van der Waals surface area contributed by atoms with E-state index < -0.39 is 0 Å². The third-order valence-corrected chi connectivity index (χ3v) is 3.40. The second kappa shape index (κ2) is 10.3. The van der Waals surface area contributed by atoms with Crippen LogP contribution in [0.15, 0.2) is 59.6 Å². The molecule has 3 N–H and O–H groups in total. The molecule has 5 heteroatoms. The molecule has 0 aliphatic carbocycles. The summed E-state index contributed by atoms with van der Waals surface area (Å²) >= 11 is 0. The first-order valence-corrected chi connectivity index (χ1v) is 8.33. The van der Waals surface area contributed by atoms with E-state index in [4.69, 9.17) is 0 Å². The van der Waals surface area contributed by atoms with Gasteiger partial charge in [-0.2, -0.15) is 0 Å². The minimum Gasteiger partial charge on any atom is -0.385 e. The second-order valence-corrected chi connectivity index (χ2v) is 5.40. The van der Waals surface area contributed by atoms with Crippen LogP contribution in [0.25, 0.3) is 0 Å². The molecule has 0 saturated heterocycles. The van der Waals surface area contributed by atoms with E-state index in [0.717, 1.165) is 43.3 Å². The van der Waals surface area contributed by atoms with Gasteiger partial charge in [-0.05, 0) is 43.2 Å². The van der Waals surface area contributed by atoms with Gasteiger partial charge in [0.25, 0.3) is 0 Å². The molecule has 128 valence electrons. The van der Waals surface area contributed by atoms with Gasteiger partial charge in [0.1, 0.15) is 5.82 Å². The standard InChI is InChI=1S/C19H25FN4/c1-2-21-19(24-15-16-8-6-9-17(20)14-16)23-13-7-12-22-18-10-4-3-5-11-18/h3-6,8-11,14,22H,2,7,12-13,15H2,1H3,(H2,21,23,24). The molecular formula is C19H25FN4. The number of halogens is 1. The molecular weight excluding hydrogens is 303 g/mol. The Labute approximate surface area is 143 Å². The summed E-state index contributed by atoms with van der Waals surface area (Å²) in [6, 6.07) is 16.7. The summed E-state index contributed by atoms with van der Waals surface area (Å²) in [5, 5.41) is 9.87. The van der Waals surface area contributed by atoms with Crippen LogP contribution in [0.2, 0.25) is 0 Å². The van der Waals surface area contributed by atoms with Gasteiger partial charge in [-0.3, -0.25) is 0 Å². The highest BCUT2D eigenvalue weighted by Gasteiger charge is 1.98. The Bertz CT molecular complexity index is 628. The van der Waals surface area contributed by atoms with Crippen molar-refractivity contribution in [3.05, 3.63) is 66.0 Å². The summed E-state index contributed by atoms with van der Waals surface area (Å²) in [6.07, 6.45) is 0.972. The van der Waals surface area contributed by atoms with Gasteiger partial charge in [0.05, 0.1) is 6.54 Å². The average Bonchev–Trinajstić information content (AvgIpc) is 2.60. The van der Waals surface area contributed by atoms with E-state index >= 15 is 0 Å². The van der Waals surface area contributed by atoms with E-state index in [-0.39, 0.29) is 5.82 Å². The number of rotatable bonds is 8. The first-order valence-electron chi connectivity index (χ1n) is 8.33. The van der Waals surface area contributed by atoms with Crippen molar-refractivity contribution in [2.45, 2.75) is 19.9 Å². The van der Waals surface area contributed by atoms with Crippen molar-refractivity contribution in [2.75, 3.05) is 25.0 Å². The lowest BCUT2D eigenvalue weighted by molar-refractivity contribution is 0.625. The molecule has 24 heavy (non-hydrogen) atoms. The molecule has 2 aromatic rings. The lowest BCUT2D eigenvalue weighted by Gasteiger charge is -2.12. The fraction of sp³-hybridized carbons (Fsp3) is 0.316. The van der Waals surface area contributed by atoms with E-state index in [9.17, 15) is 4.39 Å². The lowest BCUT2D eigenvalue weighted by atomic mass is 10.2. The lowest BCUT2D eigenvalue weighted by Crippen LogP contribution is -2.38. The van der Waals surface area contributed by atoms with Crippen LogP contribution in [-0.4, -0.2) is 25.6 Å². The molecule has 0 fully saturated rings. The van der Waals surface area contributed by atoms with Gasteiger partial charge in [0.15, 0.2) is 5.96 Å². The van der Waals surface area contributed by atoms with E-state index in [0.29, 0.717) is 6.54 Å². The first kappa shape index (κ1) is 17.8. The largest absolute Gasteiger partial charge is 0.385 e. The summed E-state index contributed by atoms with van der Waals surface area (Å²) in [5.74, 6) is 0.522. The van der Waals surface area contributed by atoms with E-state index in [2.05, 4.69) is 33.1 Å². The normalized spacial score (nSPS) is 11.2. The zero-order valence-corrected chi connectivity index (χ0v) is 14.1. The summed E-state index contributed by atoms with van der Waals surface area (Å²) in [7, 11) is 0. The number of guanidine groups is 1. The molecule has 0 radical (unpaired) electrons. The Hall–Kier alpha value is -2.56. The number of anilines is 1. The Morgan fingerprint density at radius 2 is 1.83 bits per heavy atom. The molecule has 0 heterocycles. The maximum atomic E-state index is 13.2. The first-order chi connectivity index (χ1) is 11.8. The van der Waals surface area contributed by atoms with Crippen LogP contribution in [0.5, 0.6) is 0 Å². The van der Waals surface area contributed by atoms with Crippen molar-refractivity contribution in [2.24, 2.45) is 4.99 Å². The van der Waals surface area contributed by atoms with Crippen LogP contribution in [0.3, 0.4) is 0 Å². The summed E-state index contributed by atoms with van der Waals surface area (Å²) < 4.78 is 13.2. The zero-order valence-electron chi connectivity index (χ0n) is 14.1. The van der Waals surface area contributed by atoms with E-state index in [1.165, 1.54) is 12.1 Å². The third kappa shape index (κ3) is 6.69. The molecule has 0 saturated carbocycles. The Morgan fingerprint density at radius 3 is 2.58 bits per heavy atom. The van der Waals surface area contributed by atoms with Gasteiger partial charge >= 0.3 is 0 Å². The molecule has 0 unspecified atom stereocenters. The molecule has 0 spiro atoms. The van der Waals surface area contributed by atoms with Crippen LogP contribution in [0.1, 0.15) is 18.9 Å². The Kier molecular flexibility index (Phi) is 7.60. The highest BCUT2D eigenvalue weighted by molar-refractivity contribution is 5.79. The molecule has 0 bridgehead atoms. The maximum Gasteiger partial charge on any atom is 0.191 e. The number of nitrogens with zero attached hydrogens (tertiary/aromatic N) is 1. The number of aliphatic imine (C=N–C) groups is 1. The highest BCUT2D eigenvalue weighted by Crippen LogP contribution is 2.05. The summed E-state index contributed by atoms with van der Waals surface area (Å²) in [5.41, 5.74) is 1.99. The average molecular weight is 328 g/mol. The number of nitrogens with one attached hydrogen (secondary N) is 3. The Balaban J connectivity index is 1.73. The monoisotopic (exact) mass is 328 g/mol. The van der Waals surface area contributed by atoms with Crippen LogP contribution in [0.4, 0.5) is 10.1 Å². The molecule has 2 rings (SSSR count). The number of hydrogen-bond donors (Lipinski definition) is 3. The minimum absolute atomic E-state index is 0.229. The summed E-state index contributed by atoms with van der Waals surface area (Å²) in [4.78, 5) is 4.49. The third-order valence-electron chi connectivity index (χ3n) is 3.40. The van der Waals surface area contributed by atoms with Crippen molar-refractivity contribution in [3.63, 3.8) is 0 Å². The number of para-hydroxylation sites is 1. The predicted octanol–water partition coefficient (Wildman–Crippen LogP) is 3.38. The van der Waals surface area contributed by atoms with Crippen molar-refractivity contribution in [1.29, 1.82) is 0 Å². The topological polar surface area (TPSA) is 48.5 Å². The van der Waals surface area contributed by atoms with E-state index in [1.807, 2.05) is 31.2 Å². The van der Waals surface area contributed by atoms with Crippen molar-refractivity contribution >= 4 is 11.6 Å². The Morgan fingerprint density at radius 1 is 1.00 bits per heavy atom. The van der Waals surface area contributed by atoms with Crippen LogP contribution in [0, 0.1) is 5.82 Å². The van der Waals surface area contributed by atoms with Gasteiger partial charge in [-0.25, -0.2) is 9.38 Å². The van der Waals surface area contributed by atoms with Gasteiger partial charge < -0.3 is 16.0 Å². The fourth-order valence-corrected chi connectivity index (χ4v) is 2.23. The highest BCUT2D eigenvalue weighted by atomic mass is 19.1. The van der Waals surface area contributed by atoms with Gasteiger partial charge in [-0.1, -0.05) is 30.3 Å². The van der Waals surface area contributed by atoms with Crippen molar-refractivity contribution < 1.29 is 4.39 Å². The predicted molar refractivity (Wildman–Crippen MR) is 98.8 cm³/mol. The molecule has 0 amide bonds. The van der Waals surface area contributed by atoms with Crippen LogP contribution in [-0.2, 0) is 6.54 Å². The fourth-order valence-electron chi connectivity index (χ4n) is 2.23. The zero-order chi connectivity index (χ0) is 17.0. The minimum atomic E-state index is -0.229. The SMILES string of the molecule is CCNC(=NCc1cccc(F)c1)NCCCNc1ccccc1. The van der Waals surface area contributed by atoms with Gasteiger partial charge in [0, 0.05) is 25.3 Å². The maximum absolute atomic E-state index is 13.2. The number of benzene rings is 2. The smallest absolute Gasteiger partial charge is 0.191 e. The van der Waals surface area contributed by atoms with Crippen molar-refractivity contribution in [1.82, 2.24) is 10.6 Å². The van der Waals surface area contributed by atoms with Gasteiger partial charge in [0.2, 0.25) is 0 Å². The quantitative estimate of drug-likeness (QED) is 0.395. The molecule has 0 aromatic heterocycles. The molecule has 2 aromatic carbocycles. The molecule has 0 aliphatic rings. The van der Waals surface area contributed by atoms with Crippen LogP contribution >= 0.6 is 0 Å². The second-order valence-electron chi connectivity index (χ2n) is 5.40. The van der Waals surface area contributed by atoms with Crippen molar-refractivity contribution in [3.8, 4) is 0 Å². The molecule has 0 aliphatic heterocycles. The number of hydrogen-bond acceptors (Lipinski definition) is 2. The summed E-state index contributed by atoms with van der Waals surface area (Å²) in [6.45, 7) is 4.97. The van der Waals surface area contributed by atoms with Crippen LogP contribution < -0.4 is 16.0 Å². The van der Waals surface area contributed by atoms with Gasteiger partial charge in [-0.15, -0.1) is 0 Å². The molecule has 0 atom stereocenters. The molecule has 4 nitrogen and oxygen atoms in total. The van der Waals surface area contributed by atoms with E-state index in [1.54, 1.807) is 6.07 Å².